The largest absolute Gasteiger partial charge is 0.418 e. The molecule has 0 bridgehead atoms. The number of carbonyl (C=O) groups excluding carboxylic acids is 3. The van der Waals surface area contributed by atoms with Gasteiger partial charge in [-0.2, -0.15) is 0 Å². The molecule has 9 nitrogen and oxygen atoms in total. The average Bonchev–Trinajstić information content (AvgIpc) is 3.56. The Kier molecular flexibility index (Phi) is 6.55. The normalized spacial score (nSPS) is 17.9. The zero-order valence-corrected chi connectivity index (χ0v) is 19.3. The van der Waals surface area contributed by atoms with Gasteiger partial charge in [0.2, 0.25) is 11.8 Å². The molecule has 1 aromatic carbocycles. The van der Waals surface area contributed by atoms with Crippen molar-refractivity contribution >= 4 is 29.2 Å². The fraction of sp³-hybridized carbons (Fsp3) is 0.348. The molecule has 1 aliphatic rings. The summed E-state index contributed by atoms with van der Waals surface area (Å²) in [5.74, 6) is -0.0989. The van der Waals surface area contributed by atoms with Crippen LogP contribution in [0.3, 0.4) is 0 Å². The van der Waals surface area contributed by atoms with Crippen molar-refractivity contribution in [1.82, 2.24) is 25.3 Å². The Morgan fingerprint density at radius 2 is 1.94 bits per heavy atom. The molecule has 3 heterocycles. The summed E-state index contributed by atoms with van der Waals surface area (Å²) in [5, 5.41) is 12.8. The van der Waals surface area contributed by atoms with Crippen LogP contribution in [-0.2, 0) is 21.7 Å². The minimum Gasteiger partial charge on any atom is -0.418 e. The molecule has 1 fully saturated rings. The lowest BCUT2D eigenvalue weighted by Crippen LogP contribution is -2.45. The van der Waals surface area contributed by atoms with E-state index in [1.165, 1.54) is 16.2 Å². The molecule has 1 N–H and O–H groups in total. The Bertz CT molecular complexity index is 1130. The summed E-state index contributed by atoms with van der Waals surface area (Å²) in [6.45, 7) is 3.95. The third-order valence-electron chi connectivity index (χ3n) is 5.64. The maximum Gasteiger partial charge on any atom is 0.325 e. The SMILES string of the molecule is CCCN(Cc1nnc(-c2cccs2)o1)C(=O)CN1C(=O)N[C@](CC)(c2ccccc2)C1=O. The van der Waals surface area contributed by atoms with E-state index < -0.39 is 17.5 Å². The Hall–Kier alpha value is -3.53. The molecule has 4 amide bonds. The van der Waals surface area contributed by atoms with E-state index in [1.54, 1.807) is 12.1 Å². The molecule has 33 heavy (non-hydrogen) atoms. The van der Waals surface area contributed by atoms with E-state index >= 15 is 0 Å². The lowest BCUT2D eigenvalue weighted by atomic mass is 9.87. The van der Waals surface area contributed by atoms with E-state index in [2.05, 4.69) is 15.5 Å². The molecule has 0 saturated carbocycles. The highest BCUT2D eigenvalue weighted by Gasteiger charge is 2.51. The van der Waals surface area contributed by atoms with E-state index in [4.69, 9.17) is 4.42 Å². The van der Waals surface area contributed by atoms with Gasteiger partial charge in [-0.05, 0) is 29.9 Å². The first-order chi connectivity index (χ1) is 16.0. The first-order valence-electron chi connectivity index (χ1n) is 10.8. The molecule has 172 valence electrons. The summed E-state index contributed by atoms with van der Waals surface area (Å²) >= 11 is 1.48. The van der Waals surface area contributed by atoms with Crippen LogP contribution in [0.25, 0.3) is 10.8 Å². The number of benzene rings is 1. The van der Waals surface area contributed by atoms with Gasteiger partial charge in [-0.3, -0.25) is 14.5 Å². The van der Waals surface area contributed by atoms with Crippen LogP contribution in [0.15, 0.2) is 52.3 Å². The topological polar surface area (TPSA) is 109 Å². The smallest absolute Gasteiger partial charge is 0.325 e. The minimum absolute atomic E-state index is 0.103. The van der Waals surface area contributed by atoms with Crippen molar-refractivity contribution in [2.24, 2.45) is 0 Å². The third kappa shape index (κ3) is 4.38. The quantitative estimate of drug-likeness (QED) is 0.483. The van der Waals surface area contributed by atoms with Crippen molar-refractivity contribution in [3.05, 3.63) is 59.3 Å². The second-order valence-electron chi connectivity index (χ2n) is 7.74. The Morgan fingerprint density at radius 3 is 2.61 bits per heavy atom. The maximum absolute atomic E-state index is 13.3. The monoisotopic (exact) mass is 467 g/mol. The number of imide groups is 1. The fourth-order valence-electron chi connectivity index (χ4n) is 3.91. The van der Waals surface area contributed by atoms with Gasteiger partial charge in [0.05, 0.1) is 11.4 Å². The van der Waals surface area contributed by atoms with Crippen LogP contribution in [0.5, 0.6) is 0 Å². The van der Waals surface area contributed by atoms with Crippen molar-refractivity contribution in [3.63, 3.8) is 0 Å². The molecule has 3 aromatic rings. The summed E-state index contributed by atoms with van der Waals surface area (Å²) < 4.78 is 5.71. The molecule has 0 radical (unpaired) electrons. The average molecular weight is 468 g/mol. The second kappa shape index (κ2) is 9.53. The molecule has 0 unspecified atom stereocenters. The minimum atomic E-state index is -1.17. The number of amides is 4. The predicted octanol–water partition coefficient (Wildman–Crippen LogP) is 3.39. The van der Waals surface area contributed by atoms with Crippen LogP contribution in [0.2, 0.25) is 0 Å². The molecule has 1 aliphatic heterocycles. The highest BCUT2D eigenvalue weighted by molar-refractivity contribution is 7.13. The summed E-state index contributed by atoms with van der Waals surface area (Å²) in [6.07, 6.45) is 1.07. The van der Waals surface area contributed by atoms with Gasteiger partial charge in [0, 0.05) is 6.54 Å². The molecule has 0 aliphatic carbocycles. The van der Waals surface area contributed by atoms with Gasteiger partial charge >= 0.3 is 6.03 Å². The number of rotatable bonds is 9. The van der Waals surface area contributed by atoms with E-state index in [-0.39, 0.29) is 19.0 Å². The summed E-state index contributed by atoms with van der Waals surface area (Å²) in [5.41, 5.74) is -0.478. The number of hydrogen-bond acceptors (Lipinski definition) is 7. The van der Waals surface area contributed by atoms with Gasteiger partial charge in [0.1, 0.15) is 12.1 Å². The van der Waals surface area contributed by atoms with Crippen LogP contribution in [0, 0.1) is 0 Å². The Morgan fingerprint density at radius 1 is 1.15 bits per heavy atom. The number of aromatic nitrogens is 2. The van der Waals surface area contributed by atoms with Gasteiger partial charge in [-0.25, -0.2) is 4.79 Å². The highest BCUT2D eigenvalue weighted by Crippen LogP contribution is 2.32. The van der Waals surface area contributed by atoms with Crippen molar-refractivity contribution in [2.45, 2.75) is 38.8 Å². The van der Waals surface area contributed by atoms with Crippen molar-refractivity contribution in [1.29, 1.82) is 0 Å². The van der Waals surface area contributed by atoms with Gasteiger partial charge in [-0.15, -0.1) is 21.5 Å². The summed E-state index contributed by atoms with van der Waals surface area (Å²) in [6, 6.07) is 12.3. The van der Waals surface area contributed by atoms with E-state index in [1.807, 2.05) is 49.6 Å². The highest BCUT2D eigenvalue weighted by atomic mass is 32.1. The fourth-order valence-corrected chi connectivity index (χ4v) is 4.55. The summed E-state index contributed by atoms with van der Waals surface area (Å²) in [4.78, 5) is 42.5. The van der Waals surface area contributed by atoms with Crippen LogP contribution in [0.4, 0.5) is 4.79 Å². The van der Waals surface area contributed by atoms with E-state index in [9.17, 15) is 14.4 Å². The van der Waals surface area contributed by atoms with Crippen molar-refractivity contribution in [3.8, 4) is 10.8 Å². The maximum atomic E-state index is 13.3. The van der Waals surface area contributed by atoms with Gasteiger partial charge in [-0.1, -0.05) is 50.2 Å². The Labute approximate surface area is 195 Å². The summed E-state index contributed by atoms with van der Waals surface area (Å²) in [7, 11) is 0. The number of carbonyl (C=O) groups is 3. The lowest BCUT2D eigenvalue weighted by molar-refractivity contribution is -0.139. The first kappa shape index (κ1) is 22.7. The number of urea groups is 1. The molecule has 1 atom stereocenters. The van der Waals surface area contributed by atoms with Gasteiger partial charge in [0.25, 0.3) is 11.8 Å². The van der Waals surface area contributed by atoms with Gasteiger partial charge < -0.3 is 14.6 Å². The van der Waals surface area contributed by atoms with Crippen LogP contribution < -0.4 is 5.32 Å². The van der Waals surface area contributed by atoms with E-state index in [0.29, 0.717) is 36.7 Å². The number of nitrogens with one attached hydrogen (secondary N) is 1. The molecule has 4 rings (SSSR count). The Balaban J connectivity index is 1.49. The first-order valence-corrected chi connectivity index (χ1v) is 11.7. The zero-order valence-electron chi connectivity index (χ0n) is 18.5. The molecule has 2 aromatic heterocycles. The number of hydrogen-bond donors (Lipinski definition) is 1. The molecule has 0 spiro atoms. The second-order valence-corrected chi connectivity index (χ2v) is 8.69. The molecular formula is C23H25N5O4S. The lowest BCUT2D eigenvalue weighted by Gasteiger charge is -2.26. The van der Waals surface area contributed by atoms with Crippen LogP contribution >= 0.6 is 11.3 Å². The molecule has 1 saturated heterocycles. The third-order valence-corrected chi connectivity index (χ3v) is 6.50. The predicted molar refractivity (Wildman–Crippen MR) is 122 cm³/mol. The zero-order chi connectivity index (χ0) is 23.4. The van der Waals surface area contributed by atoms with Crippen LogP contribution in [-0.4, -0.2) is 50.9 Å². The molecular weight excluding hydrogens is 442 g/mol. The number of nitrogens with zero attached hydrogens (tertiary/aromatic N) is 4. The standard InChI is InChI=1S/C23H25N5O4S/c1-3-12-27(14-18-25-26-20(32-18)17-11-8-13-33-17)19(29)15-28-21(30)23(4-2,24-22(28)31)16-9-6-5-7-10-16/h5-11,13H,3-4,12,14-15H2,1-2H3,(H,24,31)/t23-/m1/s1. The number of thiophene rings is 1. The van der Waals surface area contributed by atoms with Crippen molar-refractivity contribution in [2.75, 3.05) is 13.1 Å². The molecule has 10 heteroatoms. The van der Waals surface area contributed by atoms with Crippen molar-refractivity contribution < 1.29 is 18.8 Å². The van der Waals surface area contributed by atoms with Gasteiger partial charge in [0.15, 0.2) is 0 Å². The van der Waals surface area contributed by atoms with E-state index in [0.717, 1.165) is 9.78 Å². The van der Waals surface area contributed by atoms with Crippen LogP contribution in [0.1, 0.15) is 38.1 Å².